The molecule has 1 rings (SSSR count). The van der Waals surface area contributed by atoms with Gasteiger partial charge < -0.3 is 34.3 Å². The van der Waals surface area contributed by atoms with Crippen molar-refractivity contribution in [1.29, 1.82) is 0 Å². The number of ether oxygens (including phenoxy) is 5. The number of carbonyl (C=O) groups excluding carboxylic acids is 2. The Kier molecular flexibility index (Phi) is 23.1. The first-order valence-corrected chi connectivity index (χ1v) is 14.7. The van der Waals surface area contributed by atoms with Crippen LogP contribution in [0.1, 0.15) is 84.5 Å². The lowest BCUT2D eigenvalue weighted by molar-refractivity contribution is -0.122. The van der Waals surface area contributed by atoms with Gasteiger partial charge in [-0.05, 0) is 44.4 Å². The molecule has 0 saturated heterocycles. The van der Waals surface area contributed by atoms with Gasteiger partial charge in [0, 0.05) is 19.5 Å². The lowest BCUT2D eigenvalue weighted by Gasteiger charge is -2.18. The fourth-order valence-electron chi connectivity index (χ4n) is 3.94. The van der Waals surface area contributed by atoms with Gasteiger partial charge in [0.05, 0.1) is 52.9 Å². The summed E-state index contributed by atoms with van der Waals surface area (Å²) in [4.78, 5) is 23.7. The summed E-state index contributed by atoms with van der Waals surface area (Å²) in [5.74, 6) is 0.819. The van der Waals surface area contributed by atoms with Gasteiger partial charge in [-0.15, -0.1) is 0 Å². The SMILES string of the molecule is CC(C)CCCCCCNC(=O)CCOCCOCCOCCOCCNC(=O)OC1CC/C=C/CCC1. The van der Waals surface area contributed by atoms with Crippen LogP contribution in [0.5, 0.6) is 0 Å². The number of unbranched alkanes of at least 4 members (excludes halogenated alkanes) is 3. The Morgan fingerprint density at radius 2 is 1.37 bits per heavy atom. The molecule has 0 aromatic carbocycles. The molecule has 0 aliphatic heterocycles. The quantitative estimate of drug-likeness (QED) is 0.141. The number of carbonyl (C=O) groups is 2. The number of nitrogens with one attached hydrogen (secondary N) is 2. The van der Waals surface area contributed by atoms with Crippen molar-refractivity contribution >= 4 is 12.0 Å². The van der Waals surface area contributed by atoms with Gasteiger partial charge >= 0.3 is 6.09 Å². The molecular weight excluding hydrogens is 488 g/mol. The number of allylic oxidation sites excluding steroid dienone is 2. The van der Waals surface area contributed by atoms with Gasteiger partial charge in [0.15, 0.2) is 0 Å². The average Bonchev–Trinajstić information content (AvgIpc) is 2.87. The summed E-state index contributed by atoms with van der Waals surface area (Å²) in [7, 11) is 0. The molecule has 2 amide bonds. The molecular formula is C29H54N2O7. The standard InChI is InChI=1S/C29H54N2O7/c1-26(2)12-8-6-7-11-16-30-28(32)15-18-34-20-22-36-24-25-37-23-21-35-19-17-31-29(33)38-27-13-9-4-3-5-10-14-27/h3-4,26-27H,5-25H2,1-2H3,(H,30,32)(H,31,33)/b4-3+. The van der Waals surface area contributed by atoms with Gasteiger partial charge in [-0.3, -0.25) is 4.79 Å². The molecule has 2 N–H and O–H groups in total. The largest absolute Gasteiger partial charge is 0.446 e. The Morgan fingerprint density at radius 1 is 0.737 bits per heavy atom. The minimum Gasteiger partial charge on any atom is -0.446 e. The number of amides is 2. The van der Waals surface area contributed by atoms with Crippen molar-refractivity contribution in [2.75, 3.05) is 65.9 Å². The highest BCUT2D eigenvalue weighted by Gasteiger charge is 2.14. The van der Waals surface area contributed by atoms with E-state index in [1.54, 1.807) is 0 Å². The minimum absolute atomic E-state index is 0.00146. The van der Waals surface area contributed by atoms with Crippen LogP contribution in [0.2, 0.25) is 0 Å². The van der Waals surface area contributed by atoms with Crippen molar-refractivity contribution in [2.24, 2.45) is 5.92 Å². The Morgan fingerprint density at radius 3 is 2.08 bits per heavy atom. The van der Waals surface area contributed by atoms with Crippen molar-refractivity contribution in [3.63, 3.8) is 0 Å². The second kappa shape index (κ2) is 25.6. The molecule has 0 spiro atoms. The van der Waals surface area contributed by atoms with Crippen molar-refractivity contribution in [3.8, 4) is 0 Å². The highest BCUT2D eigenvalue weighted by molar-refractivity contribution is 5.75. The first-order chi connectivity index (χ1) is 18.6. The van der Waals surface area contributed by atoms with Crippen LogP contribution >= 0.6 is 0 Å². The molecule has 1 atom stereocenters. The molecule has 1 unspecified atom stereocenters. The zero-order valence-electron chi connectivity index (χ0n) is 24.0. The van der Waals surface area contributed by atoms with E-state index in [1.165, 1.54) is 25.7 Å². The summed E-state index contributed by atoms with van der Waals surface area (Å²) < 4.78 is 27.3. The molecule has 222 valence electrons. The maximum Gasteiger partial charge on any atom is 0.407 e. The van der Waals surface area contributed by atoms with E-state index in [0.29, 0.717) is 65.8 Å². The van der Waals surface area contributed by atoms with E-state index in [0.717, 1.165) is 51.0 Å². The van der Waals surface area contributed by atoms with Crippen LogP contribution in [-0.4, -0.2) is 84.0 Å². The van der Waals surface area contributed by atoms with Crippen LogP contribution in [0.15, 0.2) is 12.2 Å². The van der Waals surface area contributed by atoms with E-state index < -0.39 is 0 Å². The molecule has 1 aliphatic carbocycles. The van der Waals surface area contributed by atoms with Crippen LogP contribution in [0, 0.1) is 5.92 Å². The molecule has 0 radical (unpaired) electrons. The van der Waals surface area contributed by atoms with E-state index in [-0.39, 0.29) is 18.1 Å². The monoisotopic (exact) mass is 542 g/mol. The first kappa shape index (κ1) is 34.3. The smallest absolute Gasteiger partial charge is 0.407 e. The Balaban J connectivity index is 1.75. The fraction of sp³-hybridized carbons (Fsp3) is 0.862. The molecule has 0 aromatic heterocycles. The molecule has 0 bridgehead atoms. The van der Waals surface area contributed by atoms with E-state index in [4.69, 9.17) is 23.7 Å². The summed E-state index contributed by atoms with van der Waals surface area (Å²) in [6.07, 6.45) is 15.2. The van der Waals surface area contributed by atoms with Crippen molar-refractivity contribution in [3.05, 3.63) is 12.2 Å². The molecule has 9 heteroatoms. The third-order valence-electron chi connectivity index (χ3n) is 6.13. The summed E-state index contributed by atoms with van der Waals surface area (Å²) in [6.45, 7) is 9.29. The van der Waals surface area contributed by atoms with E-state index >= 15 is 0 Å². The Bertz CT molecular complexity index is 601. The van der Waals surface area contributed by atoms with Crippen LogP contribution in [-0.2, 0) is 28.5 Å². The lowest BCUT2D eigenvalue weighted by Crippen LogP contribution is -2.31. The van der Waals surface area contributed by atoms with Gasteiger partial charge in [-0.2, -0.15) is 0 Å². The maximum atomic E-state index is 11.9. The summed E-state index contributed by atoms with van der Waals surface area (Å²) >= 11 is 0. The predicted molar refractivity (Wildman–Crippen MR) is 149 cm³/mol. The Labute approximate surface area is 230 Å². The van der Waals surface area contributed by atoms with Crippen LogP contribution in [0.4, 0.5) is 4.79 Å². The number of hydrogen-bond donors (Lipinski definition) is 2. The highest BCUT2D eigenvalue weighted by Crippen LogP contribution is 2.15. The van der Waals surface area contributed by atoms with Crippen LogP contribution in [0.3, 0.4) is 0 Å². The first-order valence-electron chi connectivity index (χ1n) is 14.7. The molecule has 1 aliphatic rings. The summed E-state index contributed by atoms with van der Waals surface area (Å²) in [5.41, 5.74) is 0. The van der Waals surface area contributed by atoms with Gasteiger partial charge in [-0.1, -0.05) is 51.7 Å². The highest BCUT2D eigenvalue weighted by atomic mass is 16.6. The zero-order valence-corrected chi connectivity index (χ0v) is 24.0. The van der Waals surface area contributed by atoms with Crippen LogP contribution in [0.25, 0.3) is 0 Å². The second-order valence-electron chi connectivity index (χ2n) is 10.1. The average molecular weight is 543 g/mol. The topological polar surface area (TPSA) is 104 Å². The number of alkyl carbamates (subject to hydrolysis) is 1. The number of rotatable bonds is 23. The zero-order chi connectivity index (χ0) is 27.5. The Hall–Kier alpha value is -1.68. The molecule has 0 aromatic rings. The molecule has 38 heavy (non-hydrogen) atoms. The van der Waals surface area contributed by atoms with Gasteiger partial charge in [0.1, 0.15) is 6.10 Å². The van der Waals surface area contributed by atoms with Gasteiger partial charge in [0.25, 0.3) is 0 Å². The van der Waals surface area contributed by atoms with Crippen molar-refractivity contribution < 1.29 is 33.3 Å². The normalized spacial score (nSPS) is 16.6. The van der Waals surface area contributed by atoms with Crippen molar-refractivity contribution in [2.45, 2.75) is 90.6 Å². The minimum atomic E-state index is -0.373. The summed E-state index contributed by atoms with van der Waals surface area (Å²) in [6, 6.07) is 0. The van der Waals surface area contributed by atoms with Gasteiger partial charge in [-0.25, -0.2) is 4.79 Å². The third-order valence-corrected chi connectivity index (χ3v) is 6.13. The maximum absolute atomic E-state index is 11.9. The van der Waals surface area contributed by atoms with E-state index in [9.17, 15) is 9.59 Å². The molecule has 0 saturated carbocycles. The molecule has 0 heterocycles. The predicted octanol–water partition coefficient (Wildman–Crippen LogP) is 4.78. The van der Waals surface area contributed by atoms with Crippen molar-refractivity contribution in [1.82, 2.24) is 10.6 Å². The molecule has 9 nitrogen and oxygen atoms in total. The molecule has 0 fully saturated rings. The van der Waals surface area contributed by atoms with E-state index in [1.807, 2.05) is 0 Å². The summed E-state index contributed by atoms with van der Waals surface area (Å²) in [5, 5.41) is 5.68. The number of hydrogen-bond acceptors (Lipinski definition) is 7. The second-order valence-corrected chi connectivity index (χ2v) is 10.1. The van der Waals surface area contributed by atoms with Gasteiger partial charge in [0.2, 0.25) is 5.91 Å². The third kappa shape index (κ3) is 23.4. The fourth-order valence-corrected chi connectivity index (χ4v) is 3.94. The lowest BCUT2D eigenvalue weighted by atomic mass is 10.0. The van der Waals surface area contributed by atoms with Crippen LogP contribution < -0.4 is 10.6 Å². The van der Waals surface area contributed by atoms with E-state index in [2.05, 4.69) is 36.6 Å².